The average molecular weight is 389 g/mol. The second-order valence-corrected chi connectivity index (χ2v) is 13.8. The molecule has 0 spiro atoms. The molecule has 0 bridgehead atoms. The van der Waals surface area contributed by atoms with E-state index in [4.69, 9.17) is 9.16 Å². The predicted octanol–water partition coefficient (Wildman–Crippen LogP) is -0.322. The Kier molecular flexibility index (Phi) is 6.30. The maximum atomic E-state index is 11.6. The third-order valence-corrected chi connectivity index (χ3v) is 10.5. The van der Waals surface area contributed by atoms with Gasteiger partial charge in [0.25, 0.3) is 0 Å². The van der Waals surface area contributed by atoms with Crippen LogP contribution in [0, 0.1) is 0 Å². The lowest BCUT2D eigenvalue weighted by atomic mass is 9.99. The van der Waals surface area contributed by atoms with Crippen LogP contribution < -0.4 is 0 Å². The Morgan fingerprint density at radius 3 is 2.04 bits per heavy atom. The highest BCUT2D eigenvalue weighted by Crippen LogP contribution is 2.39. The van der Waals surface area contributed by atoms with Gasteiger partial charge in [0, 0.05) is 7.11 Å². The Bertz CT molecular complexity index is 544. The van der Waals surface area contributed by atoms with Crippen molar-refractivity contribution >= 4 is 18.4 Å². The van der Waals surface area contributed by atoms with Gasteiger partial charge in [-0.3, -0.25) is 4.55 Å². The van der Waals surface area contributed by atoms with Crippen LogP contribution in [0.5, 0.6) is 0 Å². The Hall–Kier alpha value is -0.113. The highest BCUT2D eigenvalue weighted by Gasteiger charge is 2.62. The van der Waals surface area contributed by atoms with Gasteiger partial charge in [0.15, 0.2) is 14.4 Å². The van der Waals surface area contributed by atoms with Crippen molar-refractivity contribution in [2.75, 3.05) is 13.7 Å². The Balaban J connectivity index is 3.08. The third-order valence-electron chi connectivity index (χ3n) is 4.79. The smallest absolute Gasteiger partial charge is 0.329 e. The van der Waals surface area contributed by atoms with Crippen LogP contribution in [0.2, 0.25) is 18.1 Å². The number of hydrogen-bond acceptors (Lipinski definition) is 8. The molecule has 1 aliphatic heterocycles. The van der Waals surface area contributed by atoms with E-state index in [0.29, 0.717) is 0 Å². The van der Waals surface area contributed by atoms with Gasteiger partial charge in [-0.1, -0.05) is 20.8 Å². The normalized spacial score (nSPS) is 35.9. The minimum absolute atomic E-state index is 0.147. The zero-order valence-corrected chi connectivity index (χ0v) is 16.6. The van der Waals surface area contributed by atoms with Crippen LogP contribution in [0.25, 0.3) is 0 Å². The molecule has 0 aliphatic carbocycles. The van der Waals surface area contributed by atoms with E-state index >= 15 is 0 Å². The molecule has 0 aromatic carbocycles. The summed E-state index contributed by atoms with van der Waals surface area (Å²) in [6, 6.07) is 0. The summed E-state index contributed by atoms with van der Waals surface area (Å²) in [7, 11) is -6.42. The largest absolute Gasteiger partial charge is 0.414 e. The van der Waals surface area contributed by atoms with Gasteiger partial charge in [0.05, 0.1) is 6.61 Å². The molecule has 11 heteroatoms. The van der Waals surface area contributed by atoms with E-state index in [-0.39, 0.29) is 11.6 Å². The van der Waals surface area contributed by atoms with Crippen LogP contribution in [-0.4, -0.2) is 79.9 Å². The Morgan fingerprint density at radius 2 is 1.67 bits per heavy atom. The number of ether oxygens (including phenoxy) is 2. The quantitative estimate of drug-likeness (QED) is 0.368. The van der Waals surface area contributed by atoms with E-state index in [2.05, 4.69) is 4.74 Å². The van der Waals surface area contributed by atoms with E-state index in [9.17, 15) is 28.3 Å². The summed E-state index contributed by atoms with van der Waals surface area (Å²) in [5.74, 6) is 0. The van der Waals surface area contributed by atoms with Crippen molar-refractivity contribution in [1.82, 2.24) is 0 Å². The van der Waals surface area contributed by atoms with Crippen molar-refractivity contribution in [3.8, 4) is 0 Å². The highest BCUT2D eigenvalue weighted by molar-refractivity contribution is 7.87. The molecule has 1 heterocycles. The first kappa shape index (κ1) is 21.9. The predicted molar refractivity (Wildman–Crippen MR) is 87.3 cm³/mol. The SMILES string of the molecule is CO[C@]1(S(=O)(=O)O)O[C@H](CO[Si](C)(C)C(C)(C)C)[C@H](O)[C@H](O)[C@H]1O. The molecule has 0 aromatic heterocycles. The minimum Gasteiger partial charge on any atom is -0.414 e. The van der Waals surface area contributed by atoms with Crippen molar-refractivity contribution in [3.63, 3.8) is 0 Å². The Morgan fingerprint density at radius 1 is 1.17 bits per heavy atom. The number of methoxy groups -OCH3 is 1. The number of aliphatic hydroxyl groups excluding tert-OH is 3. The maximum absolute atomic E-state index is 11.6. The zero-order valence-electron chi connectivity index (χ0n) is 14.8. The second-order valence-electron chi connectivity index (χ2n) is 7.44. The topological polar surface area (TPSA) is 143 Å². The molecule has 0 unspecified atom stereocenters. The van der Waals surface area contributed by atoms with E-state index < -0.39 is 48.0 Å². The van der Waals surface area contributed by atoms with Crippen LogP contribution in [0.1, 0.15) is 20.8 Å². The van der Waals surface area contributed by atoms with Crippen molar-refractivity contribution in [3.05, 3.63) is 0 Å². The summed E-state index contributed by atoms with van der Waals surface area (Å²) in [4.78, 5) is 0. The molecule has 0 saturated carbocycles. The first-order chi connectivity index (χ1) is 10.6. The fourth-order valence-electron chi connectivity index (χ4n) is 2.09. The van der Waals surface area contributed by atoms with E-state index in [1.807, 2.05) is 33.9 Å². The van der Waals surface area contributed by atoms with Crippen molar-refractivity contribution in [1.29, 1.82) is 0 Å². The van der Waals surface area contributed by atoms with Gasteiger partial charge in [-0.05, 0) is 18.1 Å². The van der Waals surface area contributed by atoms with Crippen molar-refractivity contribution in [2.24, 2.45) is 0 Å². The van der Waals surface area contributed by atoms with Gasteiger partial charge in [-0.25, -0.2) is 0 Å². The summed E-state index contributed by atoms with van der Waals surface area (Å²) >= 11 is 0. The van der Waals surface area contributed by atoms with E-state index in [1.165, 1.54) is 0 Å². The van der Waals surface area contributed by atoms with E-state index in [1.54, 1.807) is 0 Å². The molecule has 144 valence electrons. The maximum Gasteiger partial charge on any atom is 0.329 e. The molecule has 1 fully saturated rings. The summed E-state index contributed by atoms with van der Waals surface area (Å²) in [5.41, 5.74) is 0. The second kappa shape index (κ2) is 6.89. The molecule has 4 N–H and O–H groups in total. The highest BCUT2D eigenvalue weighted by atomic mass is 32.2. The standard InChI is InChI=1S/C13H28O9SSi/c1-12(2,3)24(5,6)21-7-8-9(14)10(15)11(16)13(20-4,22-8)23(17,18)19/h8-11,14-16H,7H2,1-6H3,(H,17,18,19)/t8-,9+,10+,11-,13+/m1/s1. The molecule has 0 amide bonds. The number of hydrogen-bond donors (Lipinski definition) is 4. The molecule has 5 atom stereocenters. The molecular weight excluding hydrogens is 360 g/mol. The lowest BCUT2D eigenvalue weighted by Crippen LogP contribution is -2.69. The van der Waals surface area contributed by atoms with Crippen LogP contribution in [0.3, 0.4) is 0 Å². The third kappa shape index (κ3) is 3.84. The zero-order chi connectivity index (χ0) is 19.1. The van der Waals surface area contributed by atoms with Gasteiger partial charge in [-0.2, -0.15) is 8.42 Å². The number of rotatable bonds is 5. The van der Waals surface area contributed by atoms with Gasteiger partial charge in [0.2, 0.25) is 0 Å². The van der Waals surface area contributed by atoms with Gasteiger partial charge in [-0.15, -0.1) is 0 Å². The molecule has 1 aliphatic rings. The molecule has 1 rings (SSSR count). The molecule has 1 saturated heterocycles. The van der Waals surface area contributed by atoms with Gasteiger partial charge in [0.1, 0.15) is 18.3 Å². The van der Waals surface area contributed by atoms with Crippen LogP contribution in [0.4, 0.5) is 0 Å². The van der Waals surface area contributed by atoms with Crippen LogP contribution >= 0.6 is 0 Å². The lowest BCUT2D eigenvalue weighted by Gasteiger charge is -2.46. The van der Waals surface area contributed by atoms with Gasteiger partial charge < -0.3 is 29.2 Å². The Labute approximate surface area is 143 Å². The fourth-order valence-corrected chi connectivity index (χ4v) is 4.01. The minimum atomic E-state index is -5.07. The van der Waals surface area contributed by atoms with E-state index in [0.717, 1.165) is 7.11 Å². The van der Waals surface area contributed by atoms with Crippen molar-refractivity contribution < 1.29 is 42.2 Å². The summed E-state index contributed by atoms with van der Waals surface area (Å²) in [6.45, 7) is 9.64. The van der Waals surface area contributed by atoms with Gasteiger partial charge >= 0.3 is 15.2 Å². The monoisotopic (exact) mass is 388 g/mol. The first-order valence-corrected chi connectivity index (χ1v) is 11.8. The lowest BCUT2D eigenvalue weighted by molar-refractivity contribution is -0.318. The summed E-state index contributed by atoms with van der Waals surface area (Å²) in [5, 5.41) is 26.9. The van der Waals surface area contributed by atoms with Crippen LogP contribution in [0.15, 0.2) is 0 Å². The molecular formula is C13H28O9SSi. The summed E-state index contributed by atoms with van der Waals surface area (Å²) in [6.07, 6.45) is -7.04. The number of aliphatic hydroxyl groups is 3. The first-order valence-electron chi connectivity index (χ1n) is 7.49. The molecule has 0 radical (unpaired) electrons. The molecule has 0 aromatic rings. The molecule has 24 heavy (non-hydrogen) atoms. The molecule has 9 nitrogen and oxygen atoms in total. The average Bonchev–Trinajstić information content (AvgIpc) is 2.42. The van der Waals surface area contributed by atoms with Crippen molar-refractivity contribution in [2.45, 2.75) is 68.4 Å². The van der Waals surface area contributed by atoms with Crippen LogP contribution in [-0.2, 0) is 24.0 Å². The fraction of sp³-hybridized carbons (Fsp3) is 1.00. The summed E-state index contributed by atoms with van der Waals surface area (Å²) < 4.78 is 48.3.